The van der Waals surface area contributed by atoms with Crippen molar-refractivity contribution in [2.45, 2.75) is 12.8 Å². The van der Waals surface area contributed by atoms with E-state index in [1.165, 1.54) is 20.0 Å². The van der Waals surface area contributed by atoms with Crippen molar-refractivity contribution >= 4 is 5.91 Å². The van der Waals surface area contributed by atoms with Crippen molar-refractivity contribution < 1.29 is 9.53 Å². The summed E-state index contributed by atoms with van der Waals surface area (Å²) < 4.78 is 4.77. The predicted octanol–water partition coefficient (Wildman–Crippen LogP) is 0.505. The smallest absolute Gasteiger partial charge is 0.249 e. The van der Waals surface area contributed by atoms with E-state index in [1.807, 2.05) is 0 Å². The highest BCUT2D eigenvalue weighted by molar-refractivity contribution is 5.77. The second kappa shape index (κ2) is 4.88. The summed E-state index contributed by atoms with van der Waals surface area (Å²) in [5, 5.41) is 0. The number of hydrogen-bond donors (Lipinski definition) is 0. The summed E-state index contributed by atoms with van der Waals surface area (Å²) in [4.78, 5) is 13.1. The molecule has 72 valence electrons. The molecule has 0 N–H and O–H groups in total. The quantitative estimate of drug-likeness (QED) is 0.578. The molecule has 1 aliphatic rings. The largest absolute Gasteiger partial charge is 0.375 e. The molecule has 13 heavy (non-hydrogen) atoms. The summed E-state index contributed by atoms with van der Waals surface area (Å²) >= 11 is 0. The van der Waals surface area contributed by atoms with Gasteiger partial charge in [0.05, 0.1) is 6.54 Å². The zero-order valence-corrected chi connectivity index (χ0v) is 7.95. The number of amides is 1. The van der Waals surface area contributed by atoms with E-state index in [0.29, 0.717) is 12.5 Å². The number of rotatable bonds is 5. The van der Waals surface area contributed by atoms with Crippen LogP contribution in [0.4, 0.5) is 0 Å². The number of ether oxygens (including phenoxy) is 1. The van der Waals surface area contributed by atoms with Crippen LogP contribution in [0.2, 0.25) is 0 Å². The average molecular weight is 181 g/mol. The molecular weight excluding hydrogens is 166 g/mol. The van der Waals surface area contributed by atoms with Crippen LogP contribution in [0.25, 0.3) is 0 Å². The highest BCUT2D eigenvalue weighted by Gasteiger charge is 2.26. The van der Waals surface area contributed by atoms with Crippen LogP contribution in [0.3, 0.4) is 0 Å². The first kappa shape index (κ1) is 10.1. The van der Waals surface area contributed by atoms with E-state index in [9.17, 15) is 4.79 Å². The van der Waals surface area contributed by atoms with Gasteiger partial charge in [-0.15, -0.1) is 6.42 Å². The van der Waals surface area contributed by atoms with Gasteiger partial charge in [0.2, 0.25) is 5.91 Å². The molecule has 1 rings (SSSR count). The summed E-state index contributed by atoms with van der Waals surface area (Å²) in [5.74, 6) is 3.16. The van der Waals surface area contributed by atoms with Crippen molar-refractivity contribution in [3.8, 4) is 12.3 Å². The van der Waals surface area contributed by atoms with E-state index in [0.717, 1.165) is 6.54 Å². The summed E-state index contributed by atoms with van der Waals surface area (Å²) in [6.07, 6.45) is 7.62. The Morgan fingerprint density at radius 2 is 2.38 bits per heavy atom. The number of carbonyl (C=O) groups excluding carboxylic acids is 1. The third-order valence-corrected chi connectivity index (χ3v) is 2.08. The number of methoxy groups -OCH3 is 1. The fourth-order valence-electron chi connectivity index (χ4n) is 1.19. The molecule has 0 unspecified atom stereocenters. The van der Waals surface area contributed by atoms with Crippen molar-refractivity contribution in [1.82, 2.24) is 4.90 Å². The van der Waals surface area contributed by atoms with Gasteiger partial charge in [-0.25, -0.2) is 0 Å². The molecule has 0 atom stereocenters. The molecule has 0 radical (unpaired) electrons. The Bertz CT molecular complexity index is 215. The third-order valence-electron chi connectivity index (χ3n) is 2.08. The molecule has 0 heterocycles. The minimum absolute atomic E-state index is 0.00708. The fourth-order valence-corrected chi connectivity index (χ4v) is 1.19. The molecule has 3 heteroatoms. The van der Waals surface area contributed by atoms with Gasteiger partial charge < -0.3 is 9.64 Å². The molecule has 0 bridgehead atoms. The summed E-state index contributed by atoms with van der Waals surface area (Å²) in [7, 11) is 1.52. The maximum Gasteiger partial charge on any atom is 0.249 e. The lowest BCUT2D eigenvalue weighted by molar-refractivity contribution is -0.134. The molecule has 0 aliphatic heterocycles. The van der Waals surface area contributed by atoms with E-state index >= 15 is 0 Å². The second-order valence-electron chi connectivity index (χ2n) is 3.35. The molecule has 0 spiro atoms. The normalized spacial score (nSPS) is 15.1. The number of nitrogens with zero attached hydrogens (tertiary/aromatic N) is 1. The highest BCUT2D eigenvalue weighted by atomic mass is 16.5. The number of hydrogen-bond acceptors (Lipinski definition) is 2. The Labute approximate surface area is 79.1 Å². The van der Waals surface area contributed by atoms with E-state index in [4.69, 9.17) is 11.2 Å². The molecule has 1 aliphatic carbocycles. The lowest BCUT2D eigenvalue weighted by Gasteiger charge is -2.19. The minimum Gasteiger partial charge on any atom is -0.375 e. The van der Waals surface area contributed by atoms with E-state index in [2.05, 4.69) is 5.92 Å². The van der Waals surface area contributed by atoms with Crippen LogP contribution < -0.4 is 0 Å². The average Bonchev–Trinajstić information content (AvgIpc) is 2.88. The first-order chi connectivity index (χ1) is 6.27. The van der Waals surface area contributed by atoms with Gasteiger partial charge in [-0.05, 0) is 18.8 Å². The number of carbonyl (C=O) groups is 1. The van der Waals surface area contributed by atoms with Gasteiger partial charge in [-0.3, -0.25) is 4.79 Å². The fraction of sp³-hybridized carbons (Fsp3) is 0.700. The van der Waals surface area contributed by atoms with Crippen LogP contribution in [0, 0.1) is 18.3 Å². The molecule has 1 fully saturated rings. The number of terminal acetylenes is 1. The first-order valence-corrected chi connectivity index (χ1v) is 4.48. The van der Waals surface area contributed by atoms with Gasteiger partial charge in [0.1, 0.15) is 6.61 Å². The standard InChI is InChI=1S/C10H15NO2/c1-3-6-11(7-9-4-5-9)10(12)8-13-2/h1,9H,4-8H2,2H3. The summed E-state index contributed by atoms with van der Waals surface area (Å²) in [5.41, 5.74) is 0. The van der Waals surface area contributed by atoms with Gasteiger partial charge in [0, 0.05) is 13.7 Å². The van der Waals surface area contributed by atoms with Crippen molar-refractivity contribution in [2.24, 2.45) is 5.92 Å². The Morgan fingerprint density at radius 1 is 1.69 bits per heavy atom. The van der Waals surface area contributed by atoms with Gasteiger partial charge in [-0.2, -0.15) is 0 Å². The molecule has 0 saturated heterocycles. The molecule has 1 saturated carbocycles. The maximum absolute atomic E-state index is 11.4. The van der Waals surface area contributed by atoms with Crippen molar-refractivity contribution in [3.05, 3.63) is 0 Å². The van der Waals surface area contributed by atoms with Crippen molar-refractivity contribution in [2.75, 3.05) is 26.8 Å². The van der Waals surface area contributed by atoms with E-state index in [-0.39, 0.29) is 12.5 Å². The summed E-state index contributed by atoms with van der Waals surface area (Å²) in [6, 6.07) is 0. The van der Waals surface area contributed by atoms with Gasteiger partial charge in [0.25, 0.3) is 0 Å². The van der Waals surface area contributed by atoms with Crippen molar-refractivity contribution in [3.63, 3.8) is 0 Å². The minimum atomic E-state index is -0.00708. The third kappa shape index (κ3) is 3.47. The molecular formula is C10H15NO2. The van der Waals surface area contributed by atoms with E-state index in [1.54, 1.807) is 4.90 Å². The zero-order chi connectivity index (χ0) is 9.68. The molecule has 1 amide bonds. The highest BCUT2D eigenvalue weighted by Crippen LogP contribution is 2.29. The summed E-state index contributed by atoms with van der Waals surface area (Å²) in [6.45, 7) is 1.33. The van der Waals surface area contributed by atoms with Gasteiger partial charge >= 0.3 is 0 Å². The lowest BCUT2D eigenvalue weighted by atomic mass is 10.3. The Morgan fingerprint density at radius 3 is 2.85 bits per heavy atom. The zero-order valence-electron chi connectivity index (χ0n) is 7.95. The van der Waals surface area contributed by atoms with Crippen LogP contribution in [0.15, 0.2) is 0 Å². The predicted molar refractivity (Wildman–Crippen MR) is 50.0 cm³/mol. The SMILES string of the molecule is C#CCN(CC1CC1)C(=O)COC. The molecule has 0 aromatic carbocycles. The van der Waals surface area contributed by atoms with Crippen LogP contribution in [0.5, 0.6) is 0 Å². The maximum atomic E-state index is 11.4. The molecule has 3 nitrogen and oxygen atoms in total. The molecule has 0 aromatic heterocycles. The Kier molecular flexibility index (Phi) is 3.78. The van der Waals surface area contributed by atoms with Gasteiger partial charge in [-0.1, -0.05) is 5.92 Å². The van der Waals surface area contributed by atoms with Crippen LogP contribution in [0.1, 0.15) is 12.8 Å². The monoisotopic (exact) mass is 181 g/mol. The first-order valence-electron chi connectivity index (χ1n) is 4.48. The van der Waals surface area contributed by atoms with Gasteiger partial charge in [0.15, 0.2) is 0 Å². The van der Waals surface area contributed by atoms with Crippen LogP contribution >= 0.6 is 0 Å². The topological polar surface area (TPSA) is 29.5 Å². The lowest BCUT2D eigenvalue weighted by Crippen LogP contribution is -2.35. The second-order valence-corrected chi connectivity index (χ2v) is 3.35. The molecule has 0 aromatic rings. The van der Waals surface area contributed by atoms with Crippen LogP contribution in [-0.4, -0.2) is 37.6 Å². The van der Waals surface area contributed by atoms with Crippen molar-refractivity contribution in [1.29, 1.82) is 0 Å². The van der Waals surface area contributed by atoms with E-state index < -0.39 is 0 Å². The van der Waals surface area contributed by atoms with Crippen LogP contribution in [-0.2, 0) is 9.53 Å². The Balaban J connectivity index is 2.35. The Hall–Kier alpha value is -1.01.